The largest absolute Gasteiger partial charge is 0.492 e. The van der Waals surface area contributed by atoms with Crippen molar-refractivity contribution in [3.63, 3.8) is 0 Å². The fraction of sp³-hybridized carbons (Fsp3) is 0.333. The van der Waals surface area contributed by atoms with Crippen LogP contribution in [0, 0.1) is 5.92 Å². The van der Waals surface area contributed by atoms with E-state index in [1.807, 2.05) is 0 Å². The summed E-state index contributed by atoms with van der Waals surface area (Å²) in [6.45, 7) is 2.19. The summed E-state index contributed by atoms with van der Waals surface area (Å²) in [6.07, 6.45) is 0. The third-order valence-corrected chi connectivity index (χ3v) is 2.60. The van der Waals surface area contributed by atoms with E-state index >= 15 is 0 Å². The van der Waals surface area contributed by atoms with E-state index in [4.69, 9.17) is 4.74 Å². The number of fused-ring (bicyclic) bond motifs is 1. The highest BCUT2D eigenvalue weighted by Gasteiger charge is 2.26. The second kappa shape index (κ2) is 3.96. The predicted molar refractivity (Wildman–Crippen MR) is 56.8 cm³/mol. The van der Waals surface area contributed by atoms with E-state index in [0.29, 0.717) is 23.5 Å². The molecule has 4 heteroatoms. The fourth-order valence-corrected chi connectivity index (χ4v) is 1.65. The summed E-state index contributed by atoms with van der Waals surface area (Å²) >= 11 is 0. The van der Waals surface area contributed by atoms with E-state index in [2.05, 4.69) is 4.74 Å². The topological polar surface area (TPSA) is 52.6 Å². The van der Waals surface area contributed by atoms with E-state index in [9.17, 15) is 9.59 Å². The van der Waals surface area contributed by atoms with Gasteiger partial charge in [0.1, 0.15) is 5.75 Å². The quantitative estimate of drug-likeness (QED) is 0.676. The minimum Gasteiger partial charge on any atom is -0.492 e. The fourth-order valence-electron chi connectivity index (χ4n) is 1.65. The number of hydrogen-bond donors (Lipinski definition) is 0. The molecule has 0 bridgehead atoms. The van der Waals surface area contributed by atoms with E-state index in [-0.39, 0.29) is 11.7 Å². The summed E-state index contributed by atoms with van der Waals surface area (Å²) in [5.41, 5.74) is 0.828. The molecular weight excluding hydrogens is 208 g/mol. The van der Waals surface area contributed by atoms with Gasteiger partial charge in [-0.15, -0.1) is 0 Å². The first-order valence-electron chi connectivity index (χ1n) is 5.03. The van der Waals surface area contributed by atoms with Gasteiger partial charge in [0.05, 0.1) is 30.8 Å². The Morgan fingerprint density at radius 1 is 1.50 bits per heavy atom. The maximum absolute atomic E-state index is 11.8. The summed E-state index contributed by atoms with van der Waals surface area (Å²) in [5, 5.41) is 0. The lowest BCUT2D eigenvalue weighted by molar-refractivity contribution is 0.0600. The van der Waals surface area contributed by atoms with Crippen molar-refractivity contribution in [2.24, 2.45) is 5.92 Å². The van der Waals surface area contributed by atoms with Crippen molar-refractivity contribution >= 4 is 11.8 Å². The molecule has 16 heavy (non-hydrogen) atoms. The molecule has 4 nitrogen and oxygen atoms in total. The zero-order chi connectivity index (χ0) is 11.7. The van der Waals surface area contributed by atoms with Gasteiger partial charge in [-0.2, -0.15) is 0 Å². The molecular formula is C12H12O4. The van der Waals surface area contributed by atoms with Crippen molar-refractivity contribution in [2.45, 2.75) is 6.92 Å². The third-order valence-electron chi connectivity index (χ3n) is 2.60. The first-order valence-corrected chi connectivity index (χ1v) is 5.03. The summed E-state index contributed by atoms with van der Waals surface area (Å²) in [6, 6.07) is 4.75. The maximum Gasteiger partial charge on any atom is 0.337 e. The number of hydrogen-bond acceptors (Lipinski definition) is 4. The molecule has 1 heterocycles. The Labute approximate surface area is 93.2 Å². The Balaban J connectivity index is 2.44. The molecule has 0 N–H and O–H groups in total. The van der Waals surface area contributed by atoms with Crippen LogP contribution in [-0.2, 0) is 4.74 Å². The van der Waals surface area contributed by atoms with Crippen molar-refractivity contribution in [3.05, 3.63) is 29.3 Å². The Morgan fingerprint density at radius 3 is 2.94 bits per heavy atom. The zero-order valence-corrected chi connectivity index (χ0v) is 9.15. The molecule has 1 atom stereocenters. The van der Waals surface area contributed by atoms with Gasteiger partial charge in [-0.3, -0.25) is 4.79 Å². The first kappa shape index (κ1) is 10.7. The van der Waals surface area contributed by atoms with Crippen LogP contribution in [0.1, 0.15) is 27.6 Å². The van der Waals surface area contributed by atoms with E-state index in [1.165, 1.54) is 13.2 Å². The van der Waals surface area contributed by atoms with Gasteiger partial charge >= 0.3 is 5.97 Å². The number of Topliss-reactive ketones (excluding diaryl/α,β-unsaturated/α-hetero) is 1. The SMILES string of the molecule is COC(=O)c1ccc2c(c1)C(=O)C(C)CO2. The molecule has 1 aromatic carbocycles. The second-order valence-corrected chi connectivity index (χ2v) is 3.78. The van der Waals surface area contributed by atoms with E-state index in [0.717, 1.165) is 0 Å². The van der Waals surface area contributed by atoms with Crippen molar-refractivity contribution in [2.75, 3.05) is 13.7 Å². The lowest BCUT2D eigenvalue weighted by Crippen LogP contribution is -2.25. The van der Waals surface area contributed by atoms with Crippen LogP contribution in [0.3, 0.4) is 0 Å². The molecule has 2 rings (SSSR count). The first-order chi connectivity index (χ1) is 7.63. The van der Waals surface area contributed by atoms with Crippen LogP contribution in [-0.4, -0.2) is 25.5 Å². The molecule has 0 spiro atoms. The molecule has 1 aromatic rings. The highest BCUT2D eigenvalue weighted by Crippen LogP contribution is 2.28. The van der Waals surface area contributed by atoms with Gasteiger partial charge in [-0.25, -0.2) is 4.79 Å². The van der Waals surface area contributed by atoms with Crippen LogP contribution >= 0.6 is 0 Å². The van der Waals surface area contributed by atoms with Crippen LogP contribution in [0.4, 0.5) is 0 Å². The minimum atomic E-state index is -0.450. The number of ketones is 1. The standard InChI is InChI=1S/C12H12O4/c1-7-6-16-10-4-3-8(12(14)15-2)5-9(10)11(7)13/h3-5,7H,6H2,1-2H3. The molecule has 1 aliphatic rings. The van der Waals surface area contributed by atoms with Gasteiger partial charge in [0.15, 0.2) is 5.78 Å². The van der Waals surface area contributed by atoms with Gasteiger partial charge in [0.2, 0.25) is 0 Å². The Hall–Kier alpha value is -1.84. The van der Waals surface area contributed by atoms with Gasteiger partial charge in [-0.05, 0) is 18.2 Å². The molecule has 0 saturated carbocycles. The molecule has 0 aromatic heterocycles. The predicted octanol–water partition coefficient (Wildman–Crippen LogP) is 1.68. The summed E-state index contributed by atoms with van der Waals surface area (Å²) in [4.78, 5) is 23.2. The molecule has 0 saturated heterocycles. The van der Waals surface area contributed by atoms with Crippen LogP contribution in [0.2, 0.25) is 0 Å². The number of methoxy groups -OCH3 is 1. The third kappa shape index (κ3) is 1.66. The molecule has 0 amide bonds. The summed E-state index contributed by atoms with van der Waals surface area (Å²) in [7, 11) is 1.31. The molecule has 1 unspecified atom stereocenters. The lowest BCUT2D eigenvalue weighted by Gasteiger charge is -2.21. The number of esters is 1. The van der Waals surface area contributed by atoms with Crippen molar-refractivity contribution in [1.29, 1.82) is 0 Å². The highest BCUT2D eigenvalue weighted by molar-refractivity contribution is 6.03. The van der Waals surface area contributed by atoms with Gasteiger partial charge in [0, 0.05) is 0 Å². The molecule has 1 aliphatic heterocycles. The number of ether oxygens (including phenoxy) is 2. The van der Waals surface area contributed by atoms with Gasteiger partial charge in [-0.1, -0.05) is 6.92 Å². The van der Waals surface area contributed by atoms with E-state index < -0.39 is 5.97 Å². The summed E-state index contributed by atoms with van der Waals surface area (Å²) < 4.78 is 10.00. The molecule has 0 fully saturated rings. The lowest BCUT2D eigenvalue weighted by atomic mass is 9.95. The number of carbonyl (C=O) groups excluding carboxylic acids is 2. The van der Waals surface area contributed by atoms with Crippen LogP contribution < -0.4 is 4.74 Å². The average molecular weight is 220 g/mol. The number of carbonyl (C=O) groups is 2. The van der Waals surface area contributed by atoms with Crippen molar-refractivity contribution in [1.82, 2.24) is 0 Å². The van der Waals surface area contributed by atoms with Gasteiger partial charge < -0.3 is 9.47 Å². The number of rotatable bonds is 1. The second-order valence-electron chi connectivity index (χ2n) is 3.78. The Morgan fingerprint density at radius 2 is 2.25 bits per heavy atom. The molecule has 84 valence electrons. The zero-order valence-electron chi connectivity index (χ0n) is 9.15. The van der Waals surface area contributed by atoms with E-state index in [1.54, 1.807) is 19.1 Å². The molecule has 0 aliphatic carbocycles. The maximum atomic E-state index is 11.8. The molecule has 0 radical (unpaired) electrons. The Kier molecular flexibility index (Phi) is 2.64. The van der Waals surface area contributed by atoms with Crippen LogP contribution in [0.25, 0.3) is 0 Å². The van der Waals surface area contributed by atoms with Crippen molar-refractivity contribution < 1.29 is 19.1 Å². The van der Waals surface area contributed by atoms with Crippen molar-refractivity contribution in [3.8, 4) is 5.75 Å². The smallest absolute Gasteiger partial charge is 0.337 e. The monoisotopic (exact) mass is 220 g/mol. The summed E-state index contributed by atoms with van der Waals surface area (Å²) in [5.74, 6) is -0.0722. The minimum absolute atomic E-state index is 0.00648. The number of benzene rings is 1. The normalized spacial score (nSPS) is 18.6. The van der Waals surface area contributed by atoms with Crippen LogP contribution in [0.5, 0.6) is 5.75 Å². The Bertz CT molecular complexity index is 450. The van der Waals surface area contributed by atoms with Crippen LogP contribution in [0.15, 0.2) is 18.2 Å². The highest BCUT2D eigenvalue weighted by atomic mass is 16.5. The van der Waals surface area contributed by atoms with Gasteiger partial charge in [0.25, 0.3) is 0 Å². The average Bonchev–Trinajstić information content (AvgIpc) is 2.32.